The number of fused-ring (bicyclic) bond motifs is 1. The van der Waals surface area contributed by atoms with Gasteiger partial charge in [0.15, 0.2) is 0 Å². The zero-order valence-corrected chi connectivity index (χ0v) is 22.4. The van der Waals surface area contributed by atoms with Crippen LogP contribution in [0.15, 0.2) is 72.9 Å². The van der Waals surface area contributed by atoms with Gasteiger partial charge in [0.25, 0.3) is 0 Å². The van der Waals surface area contributed by atoms with Gasteiger partial charge in [0.05, 0.1) is 19.6 Å². The Hall–Kier alpha value is -3.99. The number of hydrogen-bond donors (Lipinski definition) is 1. The molecule has 0 saturated carbocycles. The van der Waals surface area contributed by atoms with Crippen molar-refractivity contribution < 1.29 is 19.4 Å². The third kappa shape index (κ3) is 7.28. The molecule has 1 aromatic heterocycles. The topological polar surface area (TPSA) is 60.7 Å². The molecular weight excluding hydrogens is 474 g/mol. The minimum absolute atomic E-state index is 0.0184. The molecule has 0 saturated heterocycles. The number of para-hydroxylation sites is 1. The first-order chi connectivity index (χ1) is 18.5. The minimum Gasteiger partial charge on any atom is -0.494 e. The number of unbranched alkanes of at least 4 members (excludes halogenated alkanes) is 2. The molecule has 38 heavy (non-hydrogen) atoms. The first-order valence-corrected chi connectivity index (χ1v) is 13.5. The van der Waals surface area contributed by atoms with E-state index in [1.807, 2.05) is 54.7 Å². The van der Waals surface area contributed by atoms with E-state index in [2.05, 4.69) is 48.8 Å². The highest BCUT2D eigenvalue weighted by atomic mass is 16.5. The average molecular weight is 512 g/mol. The highest BCUT2D eigenvalue weighted by molar-refractivity contribution is 5.96. The fourth-order valence-corrected chi connectivity index (χ4v) is 4.57. The Morgan fingerprint density at radius 3 is 2.39 bits per heavy atom. The Labute approximate surface area is 225 Å². The molecule has 0 unspecified atom stereocenters. The maximum absolute atomic E-state index is 11.5. The predicted molar refractivity (Wildman–Crippen MR) is 155 cm³/mol. The van der Waals surface area contributed by atoms with Crippen molar-refractivity contribution >= 4 is 29.0 Å². The molecule has 0 aliphatic carbocycles. The van der Waals surface area contributed by atoms with Crippen LogP contribution in [0.3, 0.4) is 0 Å². The van der Waals surface area contributed by atoms with E-state index in [4.69, 9.17) is 9.47 Å². The molecule has 0 aliphatic heterocycles. The second-order valence-corrected chi connectivity index (χ2v) is 9.59. The van der Waals surface area contributed by atoms with Crippen molar-refractivity contribution in [1.29, 1.82) is 0 Å². The predicted octanol–water partition coefficient (Wildman–Crippen LogP) is 7.79. The average Bonchev–Trinajstić information content (AvgIpc) is 3.27. The molecule has 4 aromatic rings. The van der Waals surface area contributed by atoms with E-state index in [0.29, 0.717) is 13.2 Å². The number of nitrogens with zero attached hydrogens (tertiary/aromatic N) is 1. The summed E-state index contributed by atoms with van der Waals surface area (Å²) in [5.74, 6) is 0.981. The van der Waals surface area contributed by atoms with Gasteiger partial charge in [0, 0.05) is 23.6 Å². The van der Waals surface area contributed by atoms with Gasteiger partial charge in [-0.15, -0.1) is 0 Å². The van der Waals surface area contributed by atoms with Crippen molar-refractivity contribution in [3.05, 3.63) is 95.2 Å². The van der Waals surface area contributed by atoms with Crippen LogP contribution in [0.1, 0.15) is 54.9 Å². The second-order valence-electron chi connectivity index (χ2n) is 9.59. The zero-order valence-electron chi connectivity index (χ0n) is 22.4. The van der Waals surface area contributed by atoms with E-state index in [1.165, 1.54) is 0 Å². The van der Waals surface area contributed by atoms with Crippen molar-refractivity contribution in [2.24, 2.45) is 0 Å². The van der Waals surface area contributed by atoms with E-state index < -0.39 is 5.97 Å². The van der Waals surface area contributed by atoms with Gasteiger partial charge in [-0.3, -0.25) is 4.79 Å². The molecule has 1 heterocycles. The van der Waals surface area contributed by atoms with Gasteiger partial charge in [-0.25, -0.2) is 0 Å². The van der Waals surface area contributed by atoms with Crippen molar-refractivity contribution in [3.63, 3.8) is 0 Å². The van der Waals surface area contributed by atoms with Crippen LogP contribution in [-0.2, 0) is 17.8 Å². The number of rotatable bonds is 14. The summed E-state index contributed by atoms with van der Waals surface area (Å²) >= 11 is 0. The smallest absolute Gasteiger partial charge is 0.307 e. The van der Waals surface area contributed by atoms with Crippen molar-refractivity contribution in [3.8, 4) is 11.5 Å². The first kappa shape index (κ1) is 27.1. The van der Waals surface area contributed by atoms with E-state index in [0.717, 1.165) is 76.9 Å². The first-order valence-electron chi connectivity index (χ1n) is 13.5. The standard InChI is InChI=1S/C33H37NO4/c1-3-4-20-34-24-28(23-32(35)36)33-27(11-9-12-30(33)34)17-14-26-15-18-29(19-16-26)37-21-7-8-22-38-31-13-6-5-10-25(31)2/h5-6,9-19,24H,3-4,7-8,20-23H2,1-2H3,(H,35,36)/b17-14+. The number of ether oxygens (including phenoxy) is 2. The van der Waals surface area contributed by atoms with Crippen LogP contribution in [0.25, 0.3) is 23.1 Å². The number of benzene rings is 3. The van der Waals surface area contributed by atoms with E-state index >= 15 is 0 Å². The second kappa shape index (κ2) is 13.5. The van der Waals surface area contributed by atoms with Crippen LogP contribution in [0.5, 0.6) is 11.5 Å². The van der Waals surface area contributed by atoms with Crippen LogP contribution in [0.4, 0.5) is 0 Å². The van der Waals surface area contributed by atoms with Crippen LogP contribution in [0, 0.1) is 6.92 Å². The Kier molecular flexibility index (Phi) is 9.63. The summed E-state index contributed by atoms with van der Waals surface area (Å²) in [6.07, 6.45) is 10.2. The summed E-state index contributed by atoms with van der Waals surface area (Å²) < 4.78 is 13.9. The molecule has 0 bridgehead atoms. The zero-order chi connectivity index (χ0) is 26.7. The number of aromatic nitrogens is 1. The van der Waals surface area contributed by atoms with E-state index in [-0.39, 0.29) is 6.42 Å². The third-order valence-corrected chi connectivity index (χ3v) is 6.61. The lowest BCUT2D eigenvalue weighted by Crippen LogP contribution is -2.03. The molecule has 5 nitrogen and oxygen atoms in total. The molecule has 1 N–H and O–H groups in total. The lowest BCUT2D eigenvalue weighted by atomic mass is 10.0. The van der Waals surface area contributed by atoms with E-state index in [9.17, 15) is 9.90 Å². The maximum atomic E-state index is 11.5. The molecule has 0 spiro atoms. The van der Waals surface area contributed by atoms with Crippen LogP contribution in [-0.4, -0.2) is 28.9 Å². The quantitative estimate of drug-likeness (QED) is 0.139. The van der Waals surface area contributed by atoms with Crippen molar-refractivity contribution in [2.75, 3.05) is 13.2 Å². The summed E-state index contributed by atoms with van der Waals surface area (Å²) in [6, 6.07) is 22.3. The van der Waals surface area contributed by atoms with Gasteiger partial charge < -0.3 is 19.1 Å². The molecule has 198 valence electrons. The number of carbonyl (C=O) groups is 1. The molecule has 0 fully saturated rings. The van der Waals surface area contributed by atoms with Crippen LogP contribution < -0.4 is 9.47 Å². The molecule has 0 aliphatic rings. The van der Waals surface area contributed by atoms with Crippen LogP contribution in [0.2, 0.25) is 0 Å². The summed E-state index contributed by atoms with van der Waals surface area (Å²) in [5.41, 5.74) is 5.19. The highest BCUT2D eigenvalue weighted by Crippen LogP contribution is 2.28. The molecule has 4 rings (SSSR count). The monoisotopic (exact) mass is 511 g/mol. The molecule has 0 atom stereocenters. The lowest BCUT2D eigenvalue weighted by Gasteiger charge is -2.09. The molecule has 0 radical (unpaired) electrons. The number of carboxylic acid groups (broad SMARTS) is 1. The maximum Gasteiger partial charge on any atom is 0.307 e. The van der Waals surface area contributed by atoms with Gasteiger partial charge in [-0.2, -0.15) is 0 Å². The fraction of sp³-hybridized carbons (Fsp3) is 0.303. The number of carboxylic acids is 1. The number of aliphatic carboxylic acids is 1. The lowest BCUT2D eigenvalue weighted by molar-refractivity contribution is -0.136. The molecule has 5 heteroatoms. The Morgan fingerprint density at radius 2 is 1.66 bits per heavy atom. The Balaban J connectivity index is 1.34. The summed E-state index contributed by atoms with van der Waals surface area (Å²) in [7, 11) is 0. The number of hydrogen-bond acceptors (Lipinski definition) is 3. The van der Waals surface area contributed by atoms with Gasteiger partial charge in [-0.1, -0.05) is 68.0 Å². The normalized spacial score (nSPS) is 11.3. The molecule has 3 aromatic carbocycles. The Morgan fingerprint density at radius 1 is 0.895 bits per heavy atom. The van der Waals surface area contributed by atoms with Gasteiger partial charge in [-0.05, 0) is 72.7 Å². The van der Waals surface area contributed by atoms with Gasteiger partial charge >= 0.3 is 5.97 Å². The summed E-state index contributed by atoms with van der Waals surface area (Å²) in [6.45, 7) is 6.44. The van der Waals surface area contributed by atoms with Crippen molar-refractivity contribution in [2.45, 2.75) is 52.5 Å². The molecular formula is C33H37NO4. The molecule has 0 amide bonds. The number of aryl methyl sites for hydroxylation is 2. The van der Waals surface area contributed by atoms with Gasteiger partial charge in [0.1, 0.15) is 11.5 Å². The fourth-order valence-electron chi connectivity index (χ4n) is 4.57. The van der Waals surface area contributed by atoms with Gasteiger partial charge in [0.2, 0.25) is 0 Å². The van der Waals surface area contributed by atoms with E-state index in [1.54, 1.807) is 0 Å². The summed E-state index contributed by atoms with van der Waals surface area (Å²) in [5, 5.41) is 10.5. The SMILES string of the molecule is CCCCn1cc(CC(=O)O)c2c(/C=C/c3ccc(OCCCCOc4ccccc4C)cc3)cccc21. The minimum atomic E-state index is -0.812. The highest BCUT2D eigenvalue weighted by Gasteiger charge is 2.13. The van der Waals surface area contributed by atoms with Crippen LogP contribution >= 0.6 is 0 Å². The summed E-state index contributed by atoms with van der Waals surface area (Å²) in [4.78, 5) is 11.5. The van der Waals surface area contributed by atoms with Crippen molar-refractivity contribution in [1.82, 2.24) is 4.57 Å². The Bertz CT molecular complexity index is 1370. The largest absolute Gasteiger partial charge is 0.494 e. The third-order valence-electron chi connectivity index (χ3n) is 6.61.